The summed E-state index contributed by atoms with van der Waals surface area (Å²) in [5.74, 6) is 0.539. The number of nitrogens with zero attached hydrogens (tertiary/aromatic N) is 2. The number of halogens is 1. The molecule has 0 aliphatic carbocycles. The predicted molar refractivity (Wildman–Crippen MR) is 116 cm³/mol. The lowest BCUT2D eigenvalue weighted by atomic mass is 10.1. The summed E-state index contributed by atoms with van der Waals surface area (Å²) in [5.41, 5.74) is 0.506. The van der Waals surface area contributed by atoms with Gasteiger partial charge in [-0.15, -0.1) is 0 Å². The van der Waals surface area contributed by atoms with E-state index in [4.69, 9.17) is 20.8 Å². The molecule has 156 valence electrons. The lowest BCUT2D eigenvalue weighted by molar-refractivity contribution is -0.384. The first-order chi connectivity index (χ1) is 14.9. The Morgan fingerprint density at radius 1 is 1.26 bits per heavy atom. The SMILES string of the molecule is CCOc1ccc(NC(=O)/C(C#N)=C\c2ccc(-c3cc([N+](=O)[O-])ccc3Cl)o2)cc1. The average molecular weight is 438 g/mol. The van der Waals surface area contributed by atoms with Crippen molar-refractivity contribution in [2.75, 3.05) is 11.9 Å². The van der Waals surface area contributed by atoms with Crippen molar-refractivity contribution in [2.45, 2.75) is 6.92 Å². The van der Waals surface area contributed by atoms with Crippen LogP contribution in [0.25, 0.3) is 17.4 Å². The number of hydrogen-bond acceptors (Lipinski definition) is 6. The van der Waals surface area contributed by atoms with Crippen LogP contribution in [0, 0.1) is 21.4 Å². The maximum absolute atomic E-state index is 12.4. The Hall–Kier alpha value is -4.09. The Morgan fingerprint density at radius 2 is 2.00 bits per heavy atom. The highest BCUT2D eigenvalue weighted by Crippen LogP contribution is 2.33. The normalized spacial score (nSPS) is 10.9. The summed E-state index contributed by atoms with van der Waals surface area (Å²) in [6, 6.07) is 15.6. The van der Waals surface area contributed by atoms with Crippen molar-refractivity contribution in [3.8, 4) is 23.1 Å². The second-order valence-corrected chi connectivity index (χ2v) is 6.61. The highest BCUT2D eigenvalue weighted by atomic mass is 35.5. The van der Waals surface area contributed by atoms with Gasteiger partial charge in [-0.05, 0) is 49.4 Å². The zero-order valence-corrected chi connectivity index (χ0v) is 17.1. The molecule has 0 radical (unpaired) electrons. The number of ether oxygens (including phenoxy) is 1. The second-order valence-electron chi connectivity index (χ2n) is 6.20. The molecule has 1 N–H and O–H groups in total. The van der Waals surface area contributed by atoms with E-state index in [1.54, 1.807) is 30.3 Å². The molecule has 0 unspecified atom stereocenters. The minimum Gasteiger partial charge on any atom is -0.494 e. The average Bonchev–Trinajstić information content (AvgIpc) is 3.22. The first kappa shape index (κ1) is 21.6. The third-order valence-electron chi connectivity index (χ3n) is 4.13. The van der Waals surface area contributed by atoms with Gasteiger partial charge in [-0.3, -0.25) is 14.9 Å². The van der Waals surface area contributed by atoms with Gasteiger partial charge in [0.25, 0.3) is 11.6 Å². The highest BCUT2D eigenvalue weighted by molar-refractivity contribution is 6.33. The maximum atomic E-state index is 12.4. The fraction of sp³-hybridized carbons (Fsp3) is 0.0909. The molecule has 1 heterocycles. The van der Waals surface area contributed by atoms with Gasteiger partial charge in [-0.25, -0.2) is 0 Å². The zero-order chi connectivity index (χ0) is 22.4. The number of furan rings is 1. The molecular formula is C22H16ClN3O5. The summed E-state index contributed by atoms with van der Waals surface area (Å²) in [7, 11) is 0. The van der Waals surface area contributed by atoms with Crippen LogP contribution in [0.2, 0.25) is 5.02 Å². The van der Waals surface area contributed by atoms with E-state index in [1.807, 2.05) is 13.0 Å². The molecule has 0 fully saturated rings. The number of carbonyl (C=O) groups excluding carboxylic acids is 1. The standard InChI is InChI=1S/C22H16ClN3O5/c1-2-30-17-6-3-15(4-7-17)25-22(27)14(13-24)11-18-8-10-21(31-18)19-12-16(26(28)29)5-9-20(19)23/h3-12H,2H2,1H3,(H,25,27)/b14-11-. The number of benzene rings is 2. The van der Waals surface area contributed by atoms with Crippen molar-refractivity contribution in [1.29, 1.82) is 5.26 Å². The maximum Gasteiger partial charge on any atom is 0.270 e. The second kappa shape index (κ2) is 9.61. The lowest BCUT2D eigenvalue weighted by Crippen LogP contribution is -2.13. The Balaban J connectivity index is 1.80. The molecule has 0 atom stereocenters. The number of amides is 1. The summed E-state index contributed by atoms with van der Waals surface area (Å²) in [4.78, 5) is 22.9. The molecule has 2 aromatic carbocycles. The number of nitro groups is 1. The van der Waals surface area contributed by atoms with Gasteiger partial charge < -0.3 is 14.5 Å². The topological polar surface area (TPSA) is 118 Å². The van der Waals surface area contributed by atoms with Gasteiger partial charge in [-0.1, -0.05) is 11.6 Å². The lowest BCUT2D eigenvalue weighted by Gasteiger charge is -2.06. The molecule has 1 aromatic heterocycles. The number of carbonyl (C=O) groups is 1. The number of anilines is 1. The van der Waals surface area contributed by atoms with Crippen LogP contribution in [0.15, 0.2) is 64.6 Å². The van der Waals surface area contributed by atoms with Crippen LogP contribution in [0.4, 0.5) is 11.4 Å². The van der Waals surface area contributed by atoms with E-state index in [-0.39, 0.29) is 27.8 Å². The van der Waals surface area contributed by atoms with Crippen LogP contribution in [0.5, 0.6) is 5.75 Å². The number of nitrogens with one attached hydrogen (secondary N) is 1. The van der Waals surface area contributed by atoms with Crippen molar-refractivity contribution < 1.29 is 18.9 Å². The van der Waals surface area contributed by atoms with Crippen LogP contribution in [-0.2, 0) is 4.79 Å². The molecule has 0 saturated heterocycles. The van der Waals surface area contributed by atoms with Gasteiger partial charge >= 0.3 is 0 Å². The fourth-order valence-corrected chi connectivity index (χ4v) is 2.89. The minimum atomic E-state index is -0.613. The molecule has 3 rings (SSSR count). The largest absolute Gasteiger partial charge is 0.494 e. The monoisotopic (exact) mass is 437 g/mol. The third kappa shape index (κ3) is 5.29. The molecular weight excluding hydrogens is 422 g/mol. The number of nitriles is 1. The summed E-state index contributed by atoms with van der Waals surface area (Å²) in [6.45, 7) is 2.40. The number of rotatable bonds is 7. The van der Waals surface area contributed by atoms with Crippen molar-refractivity contribution >= 4 is 35.0 Å². The van der Waals surface area contributed by atoms with E-state index >= 15 is 0 Å². The molecule has 0 aliphatic rings. The van der Waals surface area contributed by atoms with Crippen LogP contribution in [-0.4, -0.2) is 17.4 Å². The third-order valence-corrected chi connectivity index (χ3v) is 4.46. The van der Waals surface area contributed by atoms with E-state index in [0.717, 1.165) is 0 Å². The quantitative estimate of drug-likeness (QED) is 0.227. The van der Waals surface area contributed by atoms with Crippen molar-refractivity contribution in [2.24, 2.45) is 0 Å². The Bertz CT molecular complexity index is 1190. The van der Waals surface area contributed by atoms with Gasteiger partial charge in [0.05, 0.1) is 16.6 Å². The fourth-order valence-electron chi connectivity index (χ4n) is 2.68. The van der Waals surface area contributed by atoms with Crippen molar-refractivity contribution in [1.82, 2.24) is 0 Å². The Morgan fingerprint density at radius 3 is 2.65 bits per heavy atom. The molecule has 31 heavy (non-hydrogen) atoms. The number of non-ortho nitro benzene ring substituents is 1. The summed E-state index contributed by atoms with van der Waals surface area (Å²) < 4.78 is 11.0. The first-order valence-corrected chi connectivity index (χ1v) is 9.49. The summed E-state index contributed by atoms with van der Waals surface area (Å²) in [6.07, 6.45) is 1.28. The van der Waals surface area contributed by atoms with Crippen LogP contribution in [0.1, 0.15) is 12.7 Å². The van der Waals surface area contributed by atoms with E-state index in [0.29, 0.717) is 23.6 Å². The van der Waals surface area contributed by atoms with Gasteiger partial charge in [-0.2, -0.15) is 5.26 Å². The Labute approximate surface area is 182 Å². The molecule has 8 nitrogen and oxygen atoms in total. The van der Waals surface area contributed by atoms with Gasteiger partial charge in [0, 0.05) is 29.5 Å². The summed E-state index contributed by atoms with van der Waals surface area (Å²) >= 11 is 6.13. The highest BCUT2D eigenvalue weighted by Gasteiger charge is 2.15. The molecule has 0 spiro atoms. The van der Waals surface area contributed by atoms with E-state index in [2.05, 4.69) is 5.32 Å². The summed E-state index contributed by atoms with van der Waals surface area (Å²) in [5, 5.41) is 23.3. The smallest absolute Gasteiger partial charge is 0.270 e. The van der Waals surface area contributed by atoms with E-state index < -0.39 is 10.8 Å². The minimum absolute atomic E-state index is 0.139. The van der Waals surface area contributed by atoms with Crippen molar-refractivity contribution in [3.63, 3.8) is 0 Å². The predicted octanol–water partition coefficient (Wildman–Crippen LogP) is 5.45. The first-order valence-electron chi connectivity index (χ1n) is 9.11. The number of hydrogen-bond donors (Lipinski definition) is 1. The molecule has 9 heteroatoms. The molecule has 3 aromatic rings. The van der Waals surface area contributed by atoms with Gasteiger partial charge in [0.15, 0.2) is 0 Å². The number of nitro benzene ring substituents is 1. The zero-order valence-electron chi connectivity index (χ0n) is 16.3. The molecule has 0 aliphatic heterocycles. The van der Waals surface area contributed by atoms with Crippen LogP contribution in [0.3, 0.4) is 0 Å². The molecule has 1 amide bonds. The van der Waals surface area contributed by atoms with E-state index in [9.17, 15) is 20.2 Å². The van der Waals surface area contributed by atoms with Gasteiger partial charge in [0.1, 0.15) is 28.9 Å². The van der Waals surface area contributed by atoms with E-state index in [1.165, 1.54) is 30.3 Å². The van der Waals surface area contributed by atoms with Crippen LogP contribution >= 0.6 is 11.6 Å². The molecule has 0 bridgehead atoms. The van der Waals surface area contributed by atoms with Crippen molar-refractivity contribution in [3.05, 3.63) is 81.1 Å². The van der Waals surface area contributed by atoms with Gasteiger partial charge in [0.2, 0.25) is 0 Å². The molecule has 0 saturated carbocycles. The van der Waals surface area contributed by atoms with Crippen LogP contribution < -0.4 is 10.1 Å². The Kier molecular flexibility index (Phi) is 6.70.